The summed E-state index contributed by atoms with van der Waals surface area (Å²) in [6.07, 6.45) is 0.679. The monoisotopic (exact) mass is 192 g/mol. The van der Waals surface area contributed by atoms with Crippen LogP contribution < -0.4 is 0 Å². The van der Waals surface area contributed by atoms with Crippen LogP contribution in [0.15, 0.2) is 35.7 Å². The molecule has 0 bridgehead atoms. The number of halogens is 1. The van der Waals surface area contributed by atoms with Crippen LogP contribution >= 0.6 is 11.3 Å². The lowest BCUT2D eigenvalue weighted by Gasteiger charge is -1.99. The molecule has 0 amide bonds. The molecule has 0 saturated heterocycles. The largest absolute Gasteiger partial charge is 1.00 e. The van der Waals surface area contributed by atoms with Crippen molar-refractivity contribution in [3.05, 3.63) is 58.0 Å². The van der Waals surface area contributed by atoms with Gasteiger partial charge < -0.3 is 0 Å². The predicted octanol–water partition coefficient (Wildman–Crippen LogP) is 3.39. The van der Waals surface area contributed by atoms with E-state index in [0.29, 0.717) is 6.42 Å². The normalized spacial score (nSPS) is 10.2. The lowest BCUT2D eigenvalue weighted by Crippen LogP contribution is -1.88. The molecule has 0 spiro atoms. The zero-order valence-corrected chi connectivity index (χ0v) is 7.77. The fourth-order valence-electron chi connectivity index (χ4n) is 1.19. The maximum atomic E-state index is 13.2. The van der Waals surface area contributed by atoms with Crippen molar-refractivity contribution in [2.45, 2.75) is 6.42 Å². The molecule has 0 atom stereocenters. The average molecular weight is 192 g/mol. The number of rotatable bonds is 2. The van der Waals surface area contributed by atoms with E-state index >= 15 is 0 Å². The Labute approximate surface area is 82.1 Å². The first-order valence-corrected chi connectivity index (χ1v) is 4.91. The molecule has 2 rings (SSSR count). The predicted molar refractivity (Wildman–Crippen MR) is 53.5 cm³/mol. The van der Waals surface area contributed by atoms with Crippen LogP contribution in [0.2, 0.25) is 0 Å². The standard InChI is InChI=1S/C11H8FS/c12-11-6-2-1-4-9(11)8-10-5-3-7-13-10/h1,3-7H,8H2/p+1. The molecule has 0 aliphatic rings. The van der Waals surface area contributed by atoms with Crippen LogP contribution in [0.25, 0.3) is 0 Å². The molecule has 1 heterocycles. The Bertz CT molecular complexity index is 384. The summed E-state index contributed by atoms with van der Waals surface area (Å²) in [4.78, 5) is 1.19. The van der Waals surface area contributed by atoms with E-state index in [4.69, 9.17) is 0 Å². The summed E-state index contributed by atoms with van der Waals surface area (Å²) in [6.45, 7) is 0. The Hall–Kier alpha value is -1.15. The van der Waals surface area contributed by atoms with E-state index in [1.807, 2.05) is 17.5 Å². The van der Waals surface area contributed by atoms with Gasteiger partial charge in [0.25, 0.3) is 0 Å². The Morgan fingerprint density at radius 2 is 2.38 bits per heavy atom. The zero-order chi connectivity index (χ0) is 9.10. The van der Waals surface area contributed by atoms with E-state index in [-0.39, 0.29) is 7.24 Å². The maximum absolute atomic E-state index is 13.2. The van der Waals surface area contributed by atoms with E-state index in [1.165, 1.54) is 10.9 Å². The van der Waals surface area contributed by atoms with Gasteiger partial charge in [0.15, 0.2) is 0 Å². The van der Waals surface area contributed by atoms with Gasteiger partial charge in [-0.2, -0.15) is 0 Å². The van der Waals surface area contributed by atoms with E-state index in [9.17, 15) is 4.39 Å². The van der Waals surface area contributed by atoms with Gasteiger partial charge in [0, 0.05) is 11.3 Å². The van der Waals surface area contributed by atoms with Gasteiger partial charge in [-0.15, -0.1) is 11.3 Å². The summed E-state index contributed by atoms with van der Waals surface area (Å²) in [5.41, 5.74) is 0.737. The molecule has 0 fully saturated rings. The maximum Gasteiger partial charge on any atom is 1.00 e. The molecule has 0 unspecified atom stereocenters. The highest BCUT2D eigenvalue weighted by Gasteiger charge is 2.01. The second kappa shape index (κ2) is 3.71. The summed E-state index contributed by atoms with van der Waals surface area (Å²) in [5, 5.41) is 2.00. The highest BCUT2D eigenvalue weighted by atomic mass is 32.1. The smallest absolute Gasteiger partial charge is 0.207 e. The Morgan fingerprint density at radius 3 is 3.08 bits per heavy atom. The topological polar surface area (TPSA) is 0 Å². The summed E-state index contributed by atoms with van der Waals surface area (Å²) < 4.78 is 13.2. The van der Waals surface area contributed by atoms with Crippen molar-refractivity contribution in [2.75, 3.05) is 0 Å². The third kappa shape index (κ3) is 1.95. The van der Waals surface area contributed by atoms with Crippen molar-refractivity contribution < 1.29 is 5.82 Å². The molecule has 0 aliphatic carbocycles. The molecule has 2 heteroatoms. The highest BCUT2D eigenvalue weighted by Crippen LogP contribution is 2.16. The first-order valence-electron chi connectivity index (χ1n) is 4.03. The fourth-order valence-corrected chi connectivity index (χ4v) is 1.91. The van der Waals surface area contributed by atoms with Crippen LogP contribution in [0.1, 0.15) is 11.9 Å². The van der Waals surface area contributed by atoms with Gasteiger partial charge in [-0.1, -0.05) is 18.2 Å². The zero-order valence-electron chi connectivity index (χ0n) is 7.96. The lowest BCUT2D eigenvalue weighted by atomic mass is 10.1. The van der Waals surface area contributed by atoms with Gasteiger partial charge in [-0.3, -0.25) is 0 Å². The molecule has 2 aromatic rings. The first-order chi connectivity index (χ1) is 6.36. The van der Waals surface area contributed by atoms with Crippen LogP contribution in [0.4, 0.5) is 4.39 Å². The SMILES string of the molecule is Fc1c[c]ccc1Cc1cccs1.[H+]. The fraction of sp³-hybridized carbons (Fsp3) is 0.0909. The molecule has 1 aromatic carbocycles. The van der Waals surface area contributed by atoms with Gasteiger partial charge in [0.05, 0.1) is 0 Å². The first kappa shape index (κ1) is 8.45. The number of thiophene rings is 1. The van der Waals surface area contributed by atoms with Gasteiger partial charge in [0.2, 0.25) is 0 Å². The number of hydrogen-bond acceptors (Lipinski definition) is 1. The molecule has 65 valence electrons. The van der Waals surface area contributed by atoms with Crippen molar-refractivity contribution in [3.8, 4) is 0 Å². The van der Waals surface area contributed by atoms with Gasteiger partial charge in [-0.25, -0.2) is 4.39 Å². The van der Waals surface area contributed by atoms with Gasteiger partial charge >= 0.3 is 1.43 Å². The minimum atomic E-state index is -0.170. The van der Waals surface area contributed by atoms with Crippen LogP contribution in [0.3, 0.4) is 0 Å². The van der Waals surface area contributed by atoms with Crippen LogP contribution in [0.5, 0.6) is 0 Å². The molecular formula is C11H9FS+. The second-order valence-electron chi connectivity index (χ2n) is 2.77. The third-order valence-electron chi connectivity index (χ3n) is 1.84. The molecule has 1 radical (unpaired) electrons. The van der Waals surface area contributed by atoms with E-state index in [2.05, 4.69) is 6.07 Å². The molecule has 0 aliphatic heterocycles. The van der Waals surface area contributed by atoms with Crippen LogP contribution in [0, 0.1) is 11.9 Å². The summed E-state index contributed by atoms with van der Waals surface area (Å²) >= 11 is 1.65. The van der Waals surface area contributed by atoms with Gasteiger partial charge in [-0.05, 0) is 29.1 Å². The van der Waals surface area contributed by atoms with E-state index in [1.54, 1.807) is 23.5 Å². The summed E-state index contributed by atoms with van der Waals surface area (Å²) in [5.74, 6) is -0.170. The van der Waals surface area contributed by atoms with E-state index in [0.717, 1.165) is 5.56 Å². The molecule has 1 aromatic heterocycles. The third-order valence-corrected chi connectivity index (χ3v) is 2.72. The van der Waals surface area contributed by atoms with Crippen molar-refractivity contribution in [3.63, 3.8) is 0 Å². The average Bonchev–Trinajstić information content (AvgIpc) is 2.61. The molecule has 0 nitrogen and oxygen atoms in total. The Kier molecular flexibility index (Phi) is 2.41. The molecule has 0 N–H and O–H groups in total. The quantitative estimate of drug-likeness (QED) is 0.684. The van der Waals surface area contributed by atoms with Crippen molar-refractivity contribution in [1.82, 2.24) is 0 Å². The number of hydrogen-bond donors (Lipinski definition) is 0. The number of benzene rings is 1. The molecule has 0 saturated carbocycles. The Morgan fingerprint density at radius 1 is 1.46 bits per heavy atom. The summed E-state index contributed by atoms with van der Waals surface area (Å²) in [6, 6.07) is 11.6. The minimum absolute atomic E-state index is 0. The molecule has 13 heavy (non-hydrogen) atoms. The molecular weight excluding hydrogens is 183 g/mol. The lowest BCUT2D eigenvalue weighted by molar-refractivity contribution is 0.614. The van der Waals surface area contributed by atoms with Gasteiger partial charge in [0.1, 0.15) is 5.82 Å². The highest BCUT2D eigenvalue weighted by molar-refractivity contribution is 7.09. The van der Waals surface area contributed by atoms with E-state index < -0.39 is 0 Å². The van der Waals surface area contributed by atoms with Crippen LogP contribution in [-0.4, -0.2) is 0 Å². The van der Waals surface area contributed by atoms with Crippen molar-refractivity contribution >= 4 is 11.3 Å². The summed E-state index contributed by atoms with van der Waals surface area (Å²) in [7, 11) is 0. The van der Waals surface area contributed by atoms with Crippen LogP contribution in [-0.2, 0) is 6.42 Å². The second-order valence-corrected chi connectivity index (χ2v) is 3.81. The van der Waals surface area contributed by atoms with Crippen molar-refractivity contribution in [1.29, 1.82) is 0 Å². The Balaban J connectivity index is 0.000000980. The minimum Gasteiger partial charge on any atom is -0.207 e. The van der Waals surface area contributed by atoms with Crippen molar-refractivity contribution in [2.24, 2.45) is 0 Å².